The lowest BCUT2D eigenvalue weighted by molar-refractivity contribution is 0.119. The Balaban J connectivity index is 0.00000242. The van der Waals surface area contributed by atoms with Crippen LogP contribution in [-0.4, -0.2) is 24.7 Å². The number of ether oxygens (including phenoxy) is 1. The van der Waals surface area contributed by atoms with E-state index in [1.54, 1.807) is 0 Å². The van der Waals surface area contributed by atoms with E-state index in [0.29, 0.717) is 18.7 Å². The van der Waals surface area contributed by atoms with Gasteiger partial charge < -0.3 is 15.4 Å². The molecule has 1 aliphatic carbocycles. The second-order valence-electron chi connectivity index (χ2n) is 5.77. The molecule has 1 fully saturated rings. The van der Waals surface area contributed by atoms with Crippen molar-refractivity contribution in [2.75, 3.05) is 6.54 Å². The monoisotopic (exact) mass is 417 g/mol. The van der Waals surface area contributed by atoms with Crippen molar-refractivity contribution in [2.45, 2.75) is 58.7 Å². The topological polar surface area (TPSA) is 45.7 Å². The zero-order valence-corrected chi connectivity index (χ0v) is 16.1. The lowest BCUT2D eigenvalue weighted by atomic mass is 9.96. The van der Waals surface area contributed by atoms with E-state index in [2.05, 4.69) is 42.5 Å². The maximum atomic E-state index is 6.04. The molecule has 0 radical (unpaired) electrons. The number of hydrogen-bond acceptors (Lipinski definition) is 2. The number of nitrogens with zero attached hydrogens (tertiary/aromatic N) is 1. The summed E-state index contributed by atoms with van der Waals surface area (Å²) in [5.41, 5.74) is 1.14. The molecular weight excluding hydrogens is 389 g/mol. The second kappa shape index (κ2) is 9.92. The smallest absolute Gasteiger partial charge is 0.191 e. The molecule has 2 rings (SSSR count). The Morgan fingerprint density at radius 2 is 2.05 bits per heavy atom. The number of hydrogen-bond donors (Lipinski definition) is 2. The molecule has 4 nitrogen and oxygen atoms in total. The van der Waals surface area contributed by atoms with E-state index in [9.17, 15) is 0 Å². The van der Waals surface area contributed by atoms with Gasteiger partial charge in [0.25, 0.3) is 0 Å². The van der Waals surface area contributed by atoms with Gasteiger partial charge in [0.05, 0.1) is 12.6 Å². The minimum atomic E-state index is 0. The van der Waals surface area contributed by atoms with Gasteiger partial charge >= 0.3 is 0 Å². The molecule has 1 aliphatic rings. The average Bonchev–Trinajstić information content (AvgIpc) is 2.41. The van der Waals surface area contributed by atoms with E-state index in [0.717, 1.165) is 23.8 Å². The van der Waals surface area contributed by atoms with Crippen molar-refractivity contribution >= 4 is 29.9 Å². The summed E-state index contributed by atoms with van der Waals surface area (Å²) in [6.45, 7) is 7.79. The fraction of sp³-hybridized carbons (Fsp3) is 0.588. The van der Waals surface area contributed by atoms with Crippen molar-refractivity contribution in [1.82, 2.24) is 10.6 Å². The van der Waals surface area contributed by atoms with Crippen LogP contribution in [0.2, 0.25) is 0 Å². The molecule has 124 valence electrons. The van der Waals surface area contributed by atoms with Gasteiger partial charge in [-0.05, 0) is 46.1 Å². The summed E-state index contributed by atoms with van der Waals surface area (Å²) in [6, 6.07) is 8.58. The highest BCUT2D eigenvalue weighted by Crippen LogP contribution is 2.27. The summed E-state index contributed by atoms with van der Waals surface area (Å²) in [5.74, 6) is 1.83. The number of nitrogens with one attached hydrogen (secondary N) is 2. The highest BCUT2D eigenvalue weighted by molar-refractivity contribution is 14.0. The van der Waals surface area contributed by atoms with Crippen molar-refractivity contribution in [1.29, 1.82) is 0 Å². The van der Waals surface area contributed by atoms with E-state index < -0.39 is 0 Å². The second-order valence-corrected chi connectivity index (χ2v) is 5.77. The zero-order chi connectivity index (χ0) is 15.1. The number of para-hydroxylation sites is 1. The molecule has 0 atom stereocenters. The highest BCUT2D eigenvalue weighted by atomic mass is 127. The number of aliphatic imine (C=N–C) groups is 1. The van der Waals surface area contributed by atoms with Gasteiger partial charge in [0, 0.05) is 18.2 Å². The van der Waals surface area contributed by atoms with E-state index in [1.165, 1.54) is 19.3 Å². The Morgan fingerprint density at radius 3 is 2.64 bits per heavy atom. The minimum Gasteiger partial charge on any atom is -0.490 e. The molecule has 0 aromatic heterocycles. The maximum Gasteiger partial charge on any atom is 0.191 e. The third kappa shape index (κ3) is 6.02. The fourth-order valence-electron chi connectivity index (χ4n) is 2.18. The zero-order valence-electron chi connectivity index (χ0n) is 13.8. The van der Waals surface area contributed by atoms with Crippen LogP contribution in [0.4, 0.5) is 0 Å². The van der Waals surface area contributed by atoms with Crippen LogP contribution in [0.1, 0.15) is 45.6 Å². The molecule has 5 heteroatoms. The molecule has 0 spiro atoms. The predicted octanol–water partition coefficient (Wildman–Crippen LogP) is 3.70. The molecule has 22 heavy (non-hydrogen) atoms. The first-order valence-corrected chi connectivity index (χ1v) is 7.98. The molecule has 1 aromatic rings. The Kier molecular flexibility index (Phi) is 8.60. The van der Waals surface area contributed by atoms with E-state index in [-0.39, 0.29) is 24.0 Å². The van der Waals surface area contributed by atoms with Crippen LogP contribution >= 0.6 is 24.0 Å². The third-order valence-corrected chi connectivity index (χ3v) is 3.50. The number of rotatable bonds is 6. The number of guanidine groups is 1. The first-order chi connectivity index (χ1) is 10.2. The summed E-state index contributed by atoms with van der Waals surface area (Å²) in [5, 5.41) is 6.60. The lowest BCUT2D eigenvalue weighted by Crippen LogP contribution is -2.41. The lowest BCUT2D eigenvalue weighted by Gasteiger charge is -2.27. The van der Waals surface area contributed by atoms with Crippen molar-refractivity contribution in [2.24, 2.45) is 4.99 Å². The van der Waals surface area contributed by atoms with E-state index in [1.807, 2.05) is 18.2 Å². The summed E-state index contributed by atoms with van der Waals surface area (Å²) in [6.07, 6.45) is 4.04. The van der Waals surface area contributed by atoms with Gasteiger partial charge in [-0.15, -0.1) is 24.0 Å². The molecule has 0 bridgehead atoms. The summed E-state index contributed by atoms with van der Waals surface area (Å²) < 4.78 is 6.04. The molecule has 0 saturated heterocycles. The number of benzene rings is 1. The van der Waals surface area contributed by atoms with Crippen molar-refractivity contribution in [3.8, 4) is 5.75 Å². The summed E-state index contributed by atoms with van der Waals surface area (Å²) in [7, 11) is 0. The van der Waals surface area contributed by atoms with Gasteiger partial charge in [-0.3, -0.25) is 0 Å². The van der Waals surface area contributed by atoms with Crippen LogP contribution in [0.3, 0.4) is 0 Å². The first kappa shape index (κ1) is 19.1. The van der Waals surface area contributed by atoms with Crippen LogP contribution in [0, 0.1) is 0 Å². The standard InChI is InChI=1S/C17H27N3O.HI/c1-4-18-17(20-13(2)3)19-12-14-8-5-6-11-16(14)21-15-9-7-10-15;/h5-6,8,11,13,15H,4,7,9-10,12H2,1-3H3,(H2,18,19,20);1H. The molecule has 2 N–H and O–H groups in total. The first-order valence-electron chi connectivity index (χ1n) is 7.98. The minimum absolute atomic E-state index is 0. The van der Waals surface area contributed by atoms with Crippen LogP contribution in [-0.2, 0) is 6.54 Å². The summed E-state index contributed by atoms with van der Waals surface area (Å²) >= 11 is 0. The average molecular weight is 417 g/mol. The molecule has 0 heterocycles. The van der Waals surface area contributed by atoms with Gasteiger partial charge in [0.2, 0.25) is 0 Å². The van der Waals surface area contributed by atoms with Gasteiger partial charge in [-0.2, -0.15) is 0 Å². The van der Waals surface area contributed by atoms with Crippen LogP contribution in [0.25, 0.3) is 0 Å². The van der Waals surface area contributed by atoms with Crippen molar-refractivity contribution in [3.05, 3.63) is 29.8 Å². The third-order valence-electron chi connectivity index (χ3n) is 3.50. The molecule has 1 saturated carbocycles. The molecule has 0 amide bonds. The Bertz CT molecular complexity index is 473. The Labute approximate surface area is 151 Å². The quantitative estimate of drug-likeness (QED) is 0.422. The Morgan fingerprint density at radius 1 is 1.32 bits per heavy atom. The van der Waals surface area contributed by atoms with Crippen LogP contribution < -0.4 is 15.4 Å². The maximum absolute atomic E-state index is 6.04. The Hall–Kier alpha value is -0.980. The van der Waals surface area contributed by atoms with Crippen LogP contribution in [0.5, 0.6) is 5.75 Å². The summed E-state index contributed by atoms with van der Waals surface area (Å²) in [4.78, 5) is 4.65. The van der Waals surface area contributed by atoms with Gasteiger partial charge in [-0.25, -0.2) is 4.99 Å². The molecular formula is C17H28IN3O. The van der Waals surface area contributed by atoms with Crippen LogP contribution in [0.15, 0.2) is 29.3 Å². The predicted molar refractivity (Wildman–Crippen MR) is 103 cm³/mol. The SMILES string of the molecule is CCNC(=NCc1ccccc1OC1CCC1)NC(C)C.I. The molecule has 0 aliphatic heterocycles. The normalized spacial score (nSPS) is 15.0. The number of halogens is 1. The van der Waals surface area contributed by atoms with E-state index >= 15 is 0 Å². The van der Waals surface area contributed by atoms with Gasteiger partial charge in [0.15, 0.2) is 5.96 Å². The van der Waals surface area contributed by atoms with Gasteiger partial charge in [0.1, 0.15) is 5.75 Å². The fourth-order valence-corrected chi connectivity index (χ4v) is 2.18. The van der Waals surface area contributed by atoms with Gasteiger partial charge in [-0.1, -0.05) is 18.2 Å². The highest BCUT2D eigenvalue weighted by Gasteiger charge is 2.20. The van der Waals surface area contributed by atoms with Crippen molar-refractivity contribution < 1.29 is 4.74 Å². The van der Waals surface area contributed by atoms with E-state index in [4.69, 9.17) is 4.74 Å². The molecule has 1 aromatic carbocycles. The van der Waals surface area contributed by atoms with Crippen molar-refractivity contribution in [3.63, 3.8) is 0 Å². The molecule has 0 unspecified atom stereocenters. The largest absolute Gasteiger partial charge is 0.490 e.